The quantitative estimate of drug-likeness (QED) is 0.277. The molecule has 0 amide bonds. The van der Waals surface area contributed by atoms with Crippen LogP contribution in [0.1, 0.15) is 0 Å². The zero-order valence-electron chi connectivity index (χ0n) is 5.75. The minimum Gasteiger partial charge on any atom is -0.325 e. The Hall–Kier alpha value is 3.15. The molecule has 0 saturated carbocycles. The van der Waals surface area contributed by atoms with Gasteiger partial charge in [-0.05, 0) is 0 Å². The van der Waals surface area contributed by atoms with E-state index in [1.807, 2.05) is 0 Å². The summed E-state index contributed by atoms with van der Waals surface area (Å²) >= 11 is 0. The molecule has 0 spiro atoms. The van der Waals surface area contributed by atoms with Gasteiger partial charge in [-0.3, -0.25) is 4.57 Å². The van der Waals surface area contributed by atoms with Crippen molar-refractivity contribution < 1.29 is 103 Å². The summed E-state index contributed by atoms with van der Waals surface area (Å²) in [4.78, 5) is 15.3. The summed E-state index contributed by atoms with van der Waals surface area (Å²) in [5.74, 6) is 0. The summed E-state index contributed by atoms with van der Waals surface area (Å²) < 4.78 is 9.33. The molecule has 0 aliphatic rings. The van der Waals surface area contributed by atoms with Gasteiger partial charge < -0.3 is 9.79 Å². The van der Waals surface area contributed by atoms with E-state index in [1.54, 1.807) is 0 Å². The first-order valence-corrected chi connectivity index (χ1v) is 3.09. The van der Waals surface area contributed by atoms with Crippen molar-refractivity contribution in [3.63, 3.8) is 0 Å². The van der Waals surface area contributed by atoms with Gasteiger partial charge in [0.25, 0.3) is 0 Å². The van der Waals surface area contributed by atoms with Crippen LogP contribution in [-0.4, -0.2) is 16.5 Å². The molecule has 0 aliphatic carbocycles. The summed E-state index contributed by atoms with van der Waals surface area (Å²) in [6.45, 7) is 0.854. The monoisotopic (exact) mass is 165 g/mol. The van der Waals surface area contributed by atoms with E-state index in [1.165, 1.54) is 0 Å². The summed E-state index contributed by atoms with van der Waals surface area (Å²) in [6.07, 6.45) is 0. The smallest absolute Gasteiger partial charge is 0.325 e. The van der Waals surface area contributed by atoms with E-state index in [0.29, 0.717) is 0 Å². The van der Waals surface area contributed by atoms with Crippen LogP contribution >= 0.6 is 7.60 Å². The van der Waals surface area contributed by atoms with Gasteiger partial charge in [-0.15, -0.1) is 0 Å². The minimum atomic E-state index is -3.64. The Morgan fingerprint density at radius 1 is 1.12 bits per heavy atom. The van der Waals surface area contributed by atoms with Crippen molar-refractivity contribution in [2.24, 2.45) is 0 Å². The molecule has 8 heavy (non-hydrogen) atoms. The standard InChI is InChI=1S/CH5O3P.3Na/c1-5(2,3)4;;;/h1H3,(H2,2,3,4);;;/q;3*+1. The molecule has 0 bridgehead atoms. The second-order valence-electron chi connectivity index (χ2n) is 0.835. The third kappa shape index (κ3) is 61.3. The molecule has 0 rings (SSSR count). The maximum absolute atomic E-state index is 9.33. The minimum absolute atomic E-state index is 0. The molecule has 3 nitrogen and oxygen atoms in total. The Labute approximate surface area is 115 Å². The largest absolute Gasteiger partial charge is 1.00 e. The van der Waals surface area contributed by atoms with Gasteiger partial charge in [0.15, 0.2) is 0 Å². The maximum Gasteiger partial charge on any atom is 1.00 e. The number of rotatable bonds is 0. The Bertz CT molecular complexity index is 60.7. The predicted octanol–water partition coefficient (Wildman–Crippen LogP) is -9.19. The molecule has 32 valence electrons. The predicted molar refractivity (Wildman–Crippen MR) is 18.0 cm³/mol. The van der Waals surface area contributed by atoms with Crippen molar-refractivity contribution in [3.8, 4) is 0 Å². The van der Waals surface area contributed by atoms with Gasteiger partial charge >= 0.3 is 96.3 Å². The van der Waals surface area contributed by atoms with Crippen LogP contribution in [0.4, 0.5) is 0 Å². The Balaban J connectivity index is -0.0000000267. The first kappa shape index (κ1) is 22.5. The zero-order chi connectivity index (χ0) is 4.50. The van der Waals surface area contributed by atoms with Crippen molar-refractivity contribution in [3.05, 3.63) is 0 Å². The van der Waals surface area contributed by atoms with E-state index in [0.717, 1.165) is 6.66 Å². The second kappa shape index (κ2) is 10.2. The van der Waals surface area contributed by atoms with Gasteiger partial charge in [0.05, 0.1) is 0 Å². The number of hydrogen-bond donors (Lipinski definition) is 2. The van der Waals surface area contributed by atoms with E-state index in [-0.39, 0.29) is 88.7 Å². The van der Waals surface area contributed by atoms with Crippen LogP contribution in [0.15, 0.2) is 0 Å². The van der Waals surface area contributed by atoms with Gasteiger partial charge in [-0.2, -0.15) is 0 Å². The molecule has 0 aromatic rings. The Kier molecular flexibility index (Phi) is 28.5. The molecular formula is CH5Na3O3P+3. The molecule has 0 fully saturated rings. The van der Waals surface area contributed by atoms with Crippen LogP contribution < -0.4 is 88.7 Å². The second-order valence-corrected chi connectivity index (χ2v) is 2.51. The van der Waals surface area contributed by atoms with Crippen molar-refractivity contribution >= 4 is 7.60 Å². The molecule has 0 radical (unpaired) electrons. The number of hydrogen-bond acceptors (Lipinski definition) is 1. The molecule has 0 unspecified atom stereocenters. The van der Waals surface area contributed by atoms with Gasteiger partial charge in [-0.1, -0.05) is 0 Å². The summed E-state index contributed by atoms with van der Waals surface area (Å²) in [7, 11) is -3.64. The summed E-state index contributed by atoms with van der Waals surface area (Å²) in [5, 5.41) is 0. The average Bonchev–Trinajstić information content (AvgIpc) is 0.722. The van der Waals surface area contributed by atoms with Crippen LogP contribution in [-0.2, 0) is 4.57 Å². The van der Waals surface area contributed by atoms with E-state index in [9.17, 15) is 4.57 Å². The molecule has 2 N–H and O–H groups in total. The van der Waals surface area contributed by atoms with Crippen LogP contribution in [0.25, 0.3) is 0 Å². The van der Waals surface area contributed by atoms with Crippen molar-refractivity contribution in [2.45, 2.75) is 0 Å². The summed E-state index contributed by atoms with van der Waals surface area (Å²) in [5.41, 5.74) is 0. The van der Waals surface area contributed by atoms with Gasteiger partial charge in [0.2, 0.25) is 0 Å². The molecular weight excluding hydrogens is 160 g/mol. The molecule has 0 aromatic carbocycles. The van der Waals surface area contributed by atoms with E-state index in [2.05, 4.69) is 0 Å². The Morgan fingerprint density at radius 3 is 1.12 bits per heavy atom. The van der Waals surface area contributed by atoms with Crippen molar-refractivity contribution in [1.29, 1.82) is 0 Å². The van der Waals surface area contributed by atoms with Crippen molar-refractivity contribution in [2.75, 3.05) is 6.66 Å². The molecule has 0 heterocycles. The zero-order valence-corrected chi connectivity index (χ0v) is 12.6. The fourth-order valence-electron chi connectivity index (χ4n) is 0. The fourth-order valence-corrected chi connectivity index (χ4v) is 0. The van der Waals surface area contributed by atoms with E-state index >= 15 is 0 Å². The topological polar surface area (TPSA) is 57.5 Å². The molecule has 0 saturated heterocycles. The molecule has 0 atom stereocenters. The van der Waals surface area contributed by atoms with Crippen LogP contribution in [0.5, 0.6) is 0 Å². The normalized spacial score (nSPS) is 7.38. The first-order valence-electron chi connectivity index (χ1n) is 1.03. The average molecular weight is 165 g/mol. The molecule has 0 aliphatic heterocycles. The van der Waals surface area contributed by atoms with Gasteiger partial charge in [-0.25, -0.2) is 0 Å². The van der Waals surface area contributed by atoms with Crippen LogP contribution in [0, 0.1) is 0 Å². The van der Waals surface area contributed by atoms with Crippen LogP contribution in [0.3, 0.4) is 0 Å². The third-order valence-electron chi connectivity index (χ3n) is 0. The SMILES string of the molecule is CP(=O)(O)O.[Na+].[Na+].[Na+]. The van der Waals surface area contributed by atoms with Gasteiger partial charge in [0.1, 0.15) is 0 Å². The van der Waals surface area contributed by atoms with Crippen LogP contribution in [0.2, 0.25) is 0 Å². The molecule has 7 heteroatoms. The first-order chi connectivity index (χ1) is 2.00. The molecule has 0 aromatic heterocycles. The van der Waals surface area contributed by atoms with Crippen molar-refractivity contribution in [1.82, 2.24) is 0 Å². The van der Waals surface area contributed by atoms with E-state index in [4.69, 9.17) is 9.79 Å². The maximum atomic E-state index is 9.33. The summed E-state index contributed by atoms with van der Waals surface area (Å²) in [6, 6.07) is 0. The van der Waals surface area contributed by atoms with E-state index < -0.39 is 7.60 Å². The third-order valence-corrected chi connectivity index (χ3v) is 0. The Morgan fingerprint density at radius 2 is 1.12 bits per heavy atom. The van der Waals surface area contributed by atoms with Gasteiger partial charge in [0, 0.05) is 6.66 Å². The fraction of sp³-hybridized carbons (Fsp3) is 1.00.